The average molecular weight is 275 g/mol. The fourth-order valence-corrected chi connectivity index (χ4v) is 1.63. The van der Waals surface area contributed by atoms with E-state index in [2.05, 4.69) is 5.32 Å². The van der Waals surface area contributed by atoms with E-state index >= 15 is 0 Å². The predicted molar refractivity (Wildman–Crippen MR) is 64.5 cm³/mol. The van der Waals surface area contributed by atoms with Gasteiger partial charge in [-0.3, -0.25) is 0 Å². The van der Waals surface area contributed by atoms with Gasteiger partial charge >= 0.3 is 12.1 Å². The van der Waals surface area contributed by atoms with E-state index in [1.54, 1.807) is 20.9 Å². The van der Waals surface area contributed by atoms with Crippen molar-refractivity contribution in [3.05, 3.63) is 35.4 Å². The highest BCUT2D eigenvalue weighted by Gasteiger charge is 2.36. The van der Waals surface area contributed by atoms with E-state index in [1.165, 1.54) is 12.1 Å². The molecule has 1 atom stereocenters. The molecule has 1 N–H and O–H groups in total. The third-order valence-corrected chi connectivity index (χ3v) is 2.97. The number of likely N-dealkylation sites (N-methyl/N-ethyl adjacent to an activating group) is 1. The van der Waals surface area contributed by atoms with Crippen LogP contribution in [0.4, 0.5) is 13.2 Å². The summed E-state index contributed by atoms with van der Waals surface area (Å²) >= 11 is 0. The van der Waals surface area contributed by atoms with Crippen LogP contribution < -0.4 is 5.32 Å². The number of benzene rings is 1. The molecule has 0 spiro atoms. The third-order valence-electron chi connectivity index (χ3n) is 2.97. The van der Waals surface area contributed by atoms with E-state index in [4.69, 9.17) is 4.74 Å². The van der Waals surface area contributed by atoms with Gasteiger partial charge in [0.05, 0.1) is 12.2 Å². The molecule has 1 rings (SSSR count). The minimum Gasteiger partial charge on any atom is -0.464 e. The first-order chi connectivity index (χ1) is 8.75. The number of carbonyl (C=O) groups excluding carboxylic acids is 1. The topological polar surface area (TPSA) is 38.3 Å². The van der Waals surface area contributed by atoms with E-state index in [0.29, 0.717) is 5.56 Å². The van der Waals surface area contributed by atoms with Crippen molar-refractivity contribution in [2.45, 2.75) is 25.6 Å². The van der Waals surface area contributed by atoms with Crippen molar-refractivity contribution in [2.24, 2.45) is 0 Å². The van der Waals surface area contributed by atoms with Crippen LogP contribution in [-0.4, -0.2) is 19.6 Å². The molecule has 0 bridgehead atoms. The highest BCUT2D eigenvalue weighted by Crippen LogP contribution is 2.31. The first-order valence-corrected chi connectivity index (χ1v) is 5.79. The number of hydrogen-bond donors (Lipinski definition) is 1. The summed E-state index contributed by atoms with van der Waals surface area (Å²) in [5.74, 6) is -0.530. The fourth-order valence-electron chi connectivity index (χ4n) is 1.63. The monoisotopic (exact) mass is 275 g/mol. The Bertz CT molecular complexity index is 442. The van der Waals surface area contributed by atoms with Gasteiger partial charge in [0.15, 0.2) is 0 Å². The zero-order chi connectivity index (χ0) is 14.7. The van der Waals surface area contributed by atoms with Crippen molar-refractivity contribution in [3.8, 4) is 0 Å². The van der Waals surface area contributed by atoms with Gasteiger partial charge in [0.2, 0.25) is 0 Å². The van der Waals surface area contributed by atoms with Crippen LogP contribution in [0.3, 0.4) is 0 Å². The summed E-state index contributed by atoms with van der Waals surface area (Å²) in [6, 6.07) is 4.45. The molecule has 3 nitrogen and oxygen atoms in total. The number of alkyl halides is 3. The molecule has 0 heterocycles. The summed E-state index contributed by atoms with van der Waals surface area (Å²) in [6.07, 6.45) is -4.39. The molecule has 19 heavy (non-hydrogen) atoms. The molecule has 0 aromatic heterocycles. The first-order valence-electron chi connectivity index (χ1n) is 5.79. The molecular formula is C13H16F3NO2. The summed E-state index contributed by atoms with van der Waals surface area (Å²) in [5.41, 5.74) is -1.50. The highest BCUT2D eigenvalue weighted by molar-refractivity contribution is 5.82. The van der Waals surface area contributed by atoms with Gasteiger partial charge in [-0.2, -0.15) is 13.2 Å². The molecule has 0 saturated heterocycles. The van der Waals surface area contributed by atoms with Gasteiger partial charge < -0.3 is 10.1 Å². The number of rotatable bonds is 4. The lowest BCUT2D eigenvalue weighted by molar-refractivity contribution is -0.150. The van der Waals surface area contributed by atoms with Gasteiger partial charge in [0.25, 0.3) is 0 Å². The molecule has 1 aromatic carbocycles. The smallest absolute Gasteiger partial charge is 0.416 e. The second-order valence-electron chi connectivity index (χ2n) is 4.17. The zero-order valence-electron chi connectivity index (χ0n) is 11.0. The second kappa shape index (κ2) is 5.61. The van der Waals surface area contributed by atoms with Crippen LogP contribution in [0.1, 0.15) is 25.0 Å². The van der Waals surface area contributed by atoms with Crippen molar-refractivity contribution >= 4 is 5.97 Å². The molecule has 0 radical (unpaired) electrons. The van der Waals surface area contributed by atoms with Crippen LogP contribution in [0.2, 0.25) is 0 Å². The van der Waals surface area contributed by atoms with Gasteiger partial charge in [-0.25, -0.2) is 4.79 Å². The molecule has 0 aliphatic carbocycles. The lowest BCUT2D eigenvalue weighted by Gasteiger charge is -2.27. The number of halogens is 3. The van der Waals surface area contributed by atoms with Gasteiger partial charge in [-0.15, -0.1) is 0 Å². The van der Waals surface area contributed by atoms with Crippen LogP contribution >= 0.6 is 0 Å². The van der Waals surface area contributed by atoms with Gasteiger partial charge in [0.1, 0.15) is 5.54 Å². The molecule has 0 amide bonds. The Morgan fingerprint density at radius 3 is 2.05 bits per heavy atom. The van der Waals surface area contributed by atoms with Crippen LogP contribution in [0.25, 0.3) is 0 Å². The Kier molecular flexibility index (Phi) is 4.57. The standard InChI is InChI=1S/C13H16F3NO2/c1-4-19-11(18)12(2,17-3)9-5-7-10(8-6-9)13(14,15)16/h5-8,17H,4H2,1-3H3. The number of carbonyl (C=O) groups is 1. The Labute approximate surface area is 109 Å². The molecule has 0 saturated carbocycles. The summed E-state index contributed by atoms with van der Waals surface area (Å²) in [6.45, 7) is 3.44. The normalized spacial score (nSPS) is 14.8. The van der Waals surface area contributed by atoms with Crippen LogP contribution in [0.15, 0.2) is 24.3 Å². The van der Waals surface area contributed by atoms with Gasteiger partial charge in [-0.1, -0.05) is 12.1 Å². The van der Waals surface area contributed by atoms with Gasteiger partial charge in [0, 0.05) is 0 Å². The van der Waals surface area contributed by atoms with Crippen molar-refractivity contribution in [2.75, 3.05) is 13.7 Å². The van der Waals surface area contributed by atoms with Crippen LogP contribution in [0.5, 0.6) is 0 Å². The summed E-state index contributed by atoms with van der Waals surface area (Å²) in [7, 11) is 1.55. The Balaban J connectivity index is 3.10. The third kappa shape index (κ3) is 3.26. The quantitative estimate of drug-likeness (QED) is 0.859. The van der Waals surface area contributed by atoms with E-state index in [0.717, 1.165) is 12.1 Å². The van der Waals surface area contributed by atoms with Gasteiger partial charge in [-0.05, 0) is 38.6 Å². The SMILES string of the molecule is CCOC(=O)C(C)(NC)c1ccc(C(F)(F)F)cc1. The minimum absolute atomic E-state index is 0.205. The minimum atomic E-state index is -4.39. The fraction of sp³-hybridized carbons (Fsp3) is 0.462. The number of nitrogens with one attached hydrogen (secondary N) is 1. The highest BCUT2D eigenvalue weighted by atomic mass is 19.4. The Hall–Kier alpha value is -1.56. The van der Waals surface area contributed by atoms with E-state index in [-0.39, 0.29) is 6.61 Å². The largest absolute Gasteiger partial charge is 0.464 e. The molecule has 106 valence electrons. The van der Waals surface area contributed by atoms with E-state index in [1.807, 2.05) is 0 Å². The summed E-state index contributed by atoms with van der Waals surface area (Å²) in [5, 5.41) is 2.78. The summed E-state index contributed by atoms with van der Waals surface area (Å²) in [4.78, 5) is 11.9. The maximum absolute atomic E-state index is 12.5. The second-order valence-corrected chi connectivity index (χ2v) is 4.17. The number of hydrogen-bond acceptors (Lipinski definition) is 3. The first kappa shape index (κ1) is 15.5. The lowest BCUT2D eigenvalue weighted by atomic mass is 9.91. The molecular weight excluding hydrogens is 259 g/mol. The van der Waals surface area contributed by atoms with Crippen LogP contribution in [0, 0.1) is 0 Å². The molecule has 1 aromatic rings. The Morgan fingerprint density at radius 1 is 1.21 bits per heavy atom. The average Bonchev–Trinajstić information content (AvgIpc) is 2.37. The molecule has 0 aliphatic heterocycles. The zero-order valence-corrected chi connectivity index (χ0v) is 11.0. The van der Waals surface area contributed by atoms with Crippen molar-refractivity contribution in [1.82, 2.24) is 5.32 Å². The van der Waals surface area contributed by atoms with E-state index in [9.17, 15) is 18.0 Å². The molecule has 0 aliphatic rings. The predicted octanol–water partition coefficient (Wildman–Crippen LogP) is 2.70. The van der Waals surface area contributed by atoms with E-state index < -0.39 is 23.2 Å². The molecule has 1 unspecified atom stereocenters. The number of ether oxygens (including phenoxy) is 1. The lowest BCUT2D eigenvalue weighted by Crippen LogP contribution is -2.45. The molecule has 6 heteroatoms. The maximum Gasteiger partial charge on any atom is 0.416 e. The summed E-state index contributed by atoms with van der Waals surface area (Å²) < 4.78 is 42.3. The molecule has 0 fully saturated rings. The Morgan fingerprint density at radius 2 is 1.68 bits per heavy atom. The van der Waals surface area contributed by atoms with Crippen LogP contribution in [-0.2, 0) is 21.2 Å². The number of esters is 1. The van der Waals surface area contributed by atoms with Crippen molar-refractivity contribution in [1.29, 1.82) is 0 Å². The van der Waals surface area contributed by atoms with Crippen molar-refractivity contribution < 1.29 is 22.7 Å². The van der Waals surface area contributed by atoms with Crippen molar-refractivity contribution in [3.63, 3.8) is 0 Å². The maximum atomic E-state index is 12.5.